The average Bonchev–Trinajstić information content (AvgIpc) is 2.95. The summed E-state index contributed by atoms with van der Waals surface area (Å²) in [6.07, 6.45) is 1.92. The fraction of sp³-hybridized carbons (Fsp3) is 0. The molecule has 0 spiro atoms. The first kappa shape index (κ1) is 11.1. The molecule has 0 unspecified atom stereocenters. The molecule has 4 rings (SSSR count). The van der Waals surface area contributed by atoms with Crippen molar-refractivity contribution in [2.24, 2.45) is 0 Å². The topological polar surface area (TPSA) is 37.9 Å². The number of para-hydroxylation sites is 1. The Bertz CT molecular complexity index is 895. The molecule has 0 saturated heterocycles. The van der Waals surface area contributed by atoms with Crippen LogP contribution in [0.2, 0.25) is 0 Å². The van der Waals surface area contributed by atoms with Crippen LogP contribution in [-0.4, -0.2) is 9.97 Å². The Morgan fingerprint density at radius 1 is 0.850 bits per heavy atom. The fourth-order valence-electron chi connectivity index (χ4n) is 2.32. The summed E-state index contributed by atoms with van der Waals surface area (Å²) in [6.45, 7) is 0. The maximum atomic E-state index is 5.84. The zero-order chi connectivity index (χ0) is 13.4. The van der Waals surface area contributed by atoms with Gasteiger partial charge in [0.2, 0.25) is 5.88 Å². The van der Waals surface area contributed by atoms with Crippen molar-refractivity contribution in [3.8, 4) is 11.6 Å². The molecule has 0 aliphatic rings. The Labute approximate surface area is 115 Å². The van der Waals surface area contributed by atoms with Crippen LogP contribution >= 0.6 is 0 Å². The molecule has 0 amide bonds. The first-order valence-corrected chi connectivity index (χ1v) is 6.49. The molecule has 0 radical (unpaired) electrons. The summed E-state index contributed by atoms with van der Waals surface area (Å²) in [5, 5.41) is 2.24. The van der Waals surface area contributed by atoms with Crippen LogP contribution in [-0.2, 0) is 0 Å². The Morgan fingerprint density at radius 3 is 2.80 bits per heavy atom. The van der Waals surface area contributed by atoms with Crippen LogP contribution in [0.15, 0.2) is 66.9 Å². The summed E-state index contributed by atoms with van der Waals surface area (Å²) < 4.78 is 5.84. The van der Waals surface area contributed by atoms with Gasteiger partial charge in [-0.15, -0.1) is 0 Å². The molecule has 2 heterocycles. The maximum absolute atomic E-state index is 5.84. The van der Waals surface area contributed by atoms with Crippen molar-refractivity contribution in [1.82, 2.24) is 9.97 Å². The highest BCUT2D eigenvalue weighted by atomic mass is 16.5. The highest BCUT2D eigenvalue weighted by Crippen LogP contribution is 2.25. The van der Waals surface area contributed by atoms with Crippen molar-refractivity contribution in [3.63, 3.8) is 0 Å². The van der Waals surface area contributed by atoms with Crippen LogP contribution in [0.5, 0.6) is 11.6 Å². The van der Waals surface area contributed by atoms with Gasteiger partial charge in [-0.3, -0.25) is 0 Å². The van der Waals surface area contributed by atoms with Crippen LogP contribution in [0.4, 0.5) is 0 Å². The molecular weight excluding hydrogens is 248 g/mol. The molecule has 2 aromatic heterocycles. The molecule has 3 heteroatoms. The number of nitrogens with one attached hydrogen (secondary N) is 1. The second-order valence-electron chi connectivity index (χ2n) is 4.67. The monoisotopic (exact) mass is 260 g/mol. The zero-order valence-electron chi connectivity index (χ0n) is 10.7. The minimum absolute atomic E-state index is 0.610. The summed E-state index contributed by atoms with van der Waals surface area (Å²) in [6, 6.07) is 19.9. The summed E-state index contributed by atoms with van der Waals surface area (Å²) >= 11 is 0. The molecule has 1 N–H and O–H groups in total. The second kappa shape index (κ2) is 4.38. The molecule has 4 aromatic rings. The summed E-state index contributed by atoms with van der Waals surface area (Å²) in [7, 11) is 0. The number of pyridine rings is 1. The normalized spacial score (nSPS) is 11.0. The molecule has 20 heavy (non-hydrogen) atoms. The first-order chi connectivity index (χ1) is 9.88. The zero-order valence-corrected chi connectivity index (χ0v) is 10.7. The van der Waals surface area contributed by atoms with Crippen molar-refractivity contribution >= 4 is 21.8 Å². The van der Waals surface area contributed by atoms with Crippen LogP contribution in [0.3, 0.4) is 0 Å². The summed E-state index contributed by atoms with van der Waals surface area (Å²) in [4.78, 5) is 7.67. The van der Waals surface area contributed by atoms with Gasteiger partial charge in [0.25, 0.3) is 0 Å². The van der Waals surface area contributed by atoms with Crippen LogP contribution in [0.1, 0.15) is 0 Å². The predicted octanol–water partition coefficient (Wildman–Crippen LogP) is 4.51. The van der Waals surface area contributed by atoms with Gasteiger partial charge in [-0.1, -0.05) is 18.2 Å². The molecule has 0 aliphatic carbocycles. The number of fused-ring (bicyclic) bond motifs is 2. The van der Waals surface area contributed by atoms with Gasteiger partial charge in [-0.2, -0.15) is 0 Å². The van der Waals surface area contributed by atoms with Crippen molar-refractivity contribution < 1.29 is 4.74 Å². The van der Waals surface area contributed by atoms with Gasteiger partial charge in [-0.05, 0) is 36.4 Å². The number of hydrogen-bond acceptors (Lipinski definition) is 2. The molecule has 0 fully saturated rings. The summed E-state index contributed by atoms with van der Waals surface area (Å²) in [5.74, 6) is 1.40. The maximum Gasteiger partial charge on any atom is 0.219 e. The lowest BCUT2D eigenvalue weighted by atomic mass is 10.2. The lowest BCUT2D eigenvalue weighted by molar-refractivity contribution is 0.466. The van der Waals surface area contributed by atoms with Gasteiger partial charge in [0.15, 0.2) is 0 Å². The predicted molar refractivity (Wildman–Crippen MR) is 80.1 cm³/mol. The molecule has 0 aliphatic heterocycles. The van der Waals surface area contributed by atoms with E-state index in [1.54, 1.807) is 0 Å². The highest BCUT2D eigenvalue weighted by molar-refractivity contribution is 5.81. The van der Waals surface area contributed by atoms with E-state index in [2.05, 4.69) is 9.97 Å². The number of hydrogen-bond donors (Lipinski definition) is 1. The van der Waals surface area contributed by atoms with E-state index in [1.165, 1.54) is 0 Å². The second-order valence-corrected chi connectivity index (χ2v) is 4.67. The third-order valence-electron chi connectivity index (χ3n) is 3.32. The average molecular weight is 260 g/mol. The van der Waals surface area contributed by atoms with E-state index in [0.29, 0.717) is 5.88 Å². The van der Waals surface area contributed by atoms with E-state index in [9.17, 15) is 0 Å². The molecule has 2 aromatic carbocycles. The minimum Gasteiger partial charge on any atom is -0.439 e. The summed E-state index contributed by atoms with van der Waals surface area (Å²) in [5.41, 5.74) is 2.04. The van der Waals surface area contributed by atoms with Gasteiger partial charge >= 0.3 is 0 Å². The van der Waals surface area contributed by atoms with E-state index >= 15 is 0 Å². The number of nitrogens with zero attached hydrogens (tertiary/aromatic N) is 1. The Kier molecular flexibility index (Phi) is 2.42. The quantitative estimate of drug-likeness (QED) is 0.576. The van der Waals surface area contributed by atoms with E-state index in [0.717, 1.165) is 27.6 Å². The van der Waals surface area contributed by atoms with E-state index in [-0.39, 0.29) is 0 Å². The lowest BCUT2D eigenvalue weighted by Crippen LogP contribution is -1.88. The van der Waals surface area contributed by atoms with Gasteiger partial charge in [0.1, 0.15) is 5.75 Å². The molecule has 3 nitrogen and oxygen atoms in total. The molecule has 96 valence electrons. The fourth-order valence-corrected chi connectivity index (χ4v) is 2.32. The van der Waals surface area contributed by atoms with Gasteiger partial charge in [-0.25, -0.2) is 4.98 Å². The van der Waals surface area contributed by atoms with Gasteiger partial charge in [0.05, 0.1) is 5.52 Å². The van der Waals surface area contributed by atoms with E-state index in [1.807, 2.05) is 66.9 Å². The van der Waals surface area contributed by atoms with Crippen molar-refractivity contribution in [3.05, 3.63) is 66.9 Å². The number of benzene rings is 2. The van der Waals surface area contributed by atoms with Crippen LogP contribution in [0.25, 0.3) is 21.8 Å². The molecular formula is C17H12N2O. The third-order valence-corrected chi connectivity index (χ3v) is 3.32. The van der Waals surface area contributed by atoms with E-state index < -0.39 is 0 Å². The molecule has 0 bridgehead atoms. The Morgan fingerprint density at radius 2 is 1.80 bits per heavy atom. The number of ether oxygens (including phenoxy) is 1. The lowest BCUT2D eigenvalue weighted by Gasteiger charge is -2.06. The third kappa shape index (κ3) is 1.89. The van der Waals surface area contributed by atoms with E-state index in [4.69, 9.17) is 4.74 Å². The number of H-pyrrole nitrogens is 1. The SMILES string of the molecule is c1ccc2nc(Oc3ccc4[nH]ccc4c3)ccc2c1. The Balaban J connectivity index is 1.72. The number of aromatic nitrogens is 2. The van der Waals surface area contributed by atoms with Gasteiger partial charge in [0, 0.05) is 28.6 Å². The first-order valence-electron chi connectivity index (χ1n) is 6.49. The van der Waals surface area contributed by atoms with Crippen LogP contribution < -0.4 is 4.74 Å². The number of rotatable bonds is 2. The standard InChI is InChI=1S/C17H12N2O/c1-2-4-16-12(3-1)5-8-17(19-16)20-14-6-7-15-13(11-14)9-10-18-15/h1-11,18H. The van der Waals surface area contributed by atoms with Crippen molar-refractivity contribution in [2.45, 2.75) is 0 Å². The van der Waals surface area contributed by atoms with Gasteiger partial charge < -0.3 is 9.72 Å². The Hall–Kier alpha value is -2.81. The molecule has 0 atom stereocenters. The minimum atomic E-state index is 0.610. The smallest absolute Gasteiger partial charge is 0.219 e. The van der Waals surface area contributed by atoms with Crippen molar-refractivity contribution in [2.75, 3.05) is 0 Å². The van der Waals surface area contributed by atoms with Crippen LogP contribution in [0, 0.1) is 0 Å². The van der Waals surface area contributed by atoms with Crippen molar-refractivity contribution in [1.29, 1.82) is 0 Å². The number of aromatic amines is 1. The highest BCUT2D eigenvalue weighted by Gasteiger charge is 2.02. The molecule has 0 saturated carbocycles. The largest absolute Gasteiger partial charge is 0.439 e.